The molecule has 0 unspecified atom stereocenters. The van der Waals surface area contributed by atoms with Crippen molar-refractivity contribution in [3.8, 4) is 22.8 Å². The Bertz CT molecular complexity index is 1220. The number of methoxy groups -OCH3 is 2. The number of aromatic amines is 1. The minimum absolute atomic E-state index is 0.126. The van der Waals surface area contributed by atoms with E-state index in [9.17, 15) is 9.18 Å². The molecule has 0 saturated carbocycles. The van der Waals surface area contributed by atoms with Gasteiger partial charge in [0.25, 0.3) is 0 Å². The van der Waals surface area contributed by atoms with E-state index in [1.54, 1.807) is 44.6 Å². The molecule has 2 N–H and O–H groups in total. The summed E-state index contributed by atoms with van der Waals surface area (Å²) >= 11 is 0. The molecule has 31 heavy (non-hydrogen) atoms. The Morgan fingerprint density at radius 1 is 1.00 bits per heavy atom. The Morgan fingerprint density at radius 3 is 2.52 bits per heavy atom. The molecular formula is C25H23FN2O3. The van der Waals surface area contributed by atoms with Gasteiger partial charge in [0.05, 0.1) is 19.9 Å². The largest absolute Gasteiger partial charge is 0.497 e. The van der Waals surface area contributed by atoms with Gasteiger partial charge in [-0.15, -0.1) is 0 Å². The van der Waals surface area contributed by atoms with E-state index in [1.807, 2.05) is 24.3 Å². The molecule has 4 aromatic rings. The molecule has 0 bridgehead atoms. The van der Waals surface area contributed by atoms with Crippen molar-refractivity contribution in [3.05, 3.63) is 78.1 Å². The first kappa shape index (κ1) is 20.5. The van der Waals surface area contributed by atoms with Crippen LogP contribution in [0, 0.1) is 5.82 Å². The molecule has 4 rings (SSSR count). The van der Waals surface area contributed by atoms with E-state index in [1.165, 1.54) is 12.1 Å². The van der Waals surface area contributed by atoms with Gasteiger partial charge in [0.1, 0.15) is 17.3 Å². The zero-order valence-electron chi connectivity index (χ0n) is 17.4. The van der Waals surface area contributed by atoms with Crippen LogP contribution in [0.25, 0.3) is 22.2 Å². The monoisotopic (exact) mass is 418 g/mol. The van der Waals surface area contributed by atoms with E-state index in [0.717, 1.165) is 27.7 Å². The van der Waals surface area contributed by atoms with E-state index in [-0.39, 0.29) is 18.1 Å². The van der Waals surface area contributed by atoms with Crippen molar-refractivity contribution in [1.82, 2.24) is 4.98 Å². The first-order chi connectivity index (χ1) is 15.1. The highest BCUT2D eigenvalue weighted by Crippen LogP contribution is 2.32. The zero-order chi connectivity index (χ0) is 21.8. The maximum absolute atomic E-state index is 13.4. The van der Waals surface area contributed by atoms with Gasteiger partial charge in [-0.2, -0.15) is 0 Å². The maximum atomic E-state index is 13.4. The lowest BCUT2D eigenvalue weighted by atomic mass is 10.0. The van der Waals surface area contributed by atoms with E-state index < -0.39 is 0 Å². The van der Waals surface area contributed by atoms with E-state index >= 15 is 0 Å². The Labute approximate surface area is 179 Å². The number of benzene rings is 3. The average Bonchev–Trinajstić information content (AvgIpc) is 3.17. The molecule has 0 spiro atoms. The number of rotatable bonds is 7. The Kier molecular flexibility index (Phi) is 5.89. The maximum Gasteiger partial charge on any atom is 0.224 e. The summed E-state index contributed by atoms with van der Waals surface area (Å²) in [7, 11) is 3.12. The predicted molar refractivity (Wildman–Crippen MR) is 120 cm³/mol. The highest BCUT2D eigenvalue weighted by Gasteiger charge is 2.15. The predicted octanol–water partition coefficient (Wildman–Crippen LogP) is 5.56. The van der Waals surface area contributed by atoms with Crippen LogP contribution in [0.1, 0.15) is 12.0 Å². The number of anilines is 1. The standard InChI is InChI=1S/C25H23FN2O3/c1-30-18-11-13-22(23(15-18)31-2)27-24(29)14-12-20-19-5-3-4-6-21(19)28-25(20)16-7-9-17(26)10-8-16/h3-11,13,15,28H,12,14H2,1-2H3,(H,27,29). The summed E-state index contributed by atoms with van der Waals surface area (Å²) in [5.41, 5.74) is 4.37. The van der Waals surface area contributed by atoms with Crippen molar-refractivity contribution < 1.29 is 18.7 Å². The van der Waals surface area contributed by atoms with Gasteiger partial charge in [0.15, 0.2) is 0 Å². The number of amides is 1. The summed E-state index contributed by atoms with van der Waals surface area (Å²) in [6, 6.07) is 19.6. The van der Waals surface area contributed by atoms with Crippen molar-refractivity contribution in [3.63, 3.8) is 0 Å². The van der Waals surface area contributed by atoms with Crippen molar-refractivity contribution in [1.29, 1.82) is 0 Å². The summed E-state index contributed by atoms with van der Waals surface area (Å²) < 4.78 is 23.9. The third-order valence-electron chi connectivity index (χ3n) is 5.23. The molecule has 0 saturated heterocycles. The molecule has 5 nitrogen and oxygen atoms in total. The minimum Gasteiger partial charge on any atom is -0.497 e. The molecule has 6 heteroatoms. The van der Waals surface area contributed by atoms with Crippen LogP contribution in [0.2, 0.25) is 0 Å². The number of H-pyrrole nitrogens is 1. The molecule has 158 valence electrons. The molecule has 1 aromatic heterocycles. The second kappa shape index (κ2) is 8.92. The van der Waals surface area contributed by atoms with Crippen molar-refractivity contribution in [2.45, 2.75) is 12.8 Å². The fourth-order valence-corrected chi connectivity index (χ4v) is 3.68. The van der Waals surface area contributed by atoms with Crippen molar-refractivity contribution in [2.24, 2.45) is 0 Å². The van der Waals surface area contributed by atoms with Crippen LogP contribution in [0.3, 0.4) is 0 Å². The topological polar surface area (TPSA) is 63.3 Å². The Morgan fingerprint density at radius 2 is 1.77 bits per heavy atom. The molecule has 0 fully saturated rings. The summed E-state index contributed by atoms with van der Waals surface area (Å²) in [5, 5.41) is 3.96. The fraction of sp³-hybridized carbons (Fsp3) is 0.160. The summed E-state index contributed by atoms with van der Waals surface area (Å²) in [4.78, 5) is 16.1. The molecule has 0 aliphatic rings. The average molecular weight is 418 g/mol. The first-order valence-electron chi connectivity index (χ1n) is 9.96. The number of carbonyl (C=O) groups is 1. The van der Waals surface area contributed by atoms with E-state index in [2.05, 4.69) is 10.3 Å². The number of hydrogen-bond donors (Lipinski definition) is 2. The van der Waals surface area contributed by atoms with Crippen LogP contribution in [0.5, 0.6) is 11.5 Å². The highest BCUT2D eigenvalue weighted by molar-refractivity contribution is 5.94. The molecule has 0 aliphatic carbocycles. The molecule has 1 amide bonds. The number of halogens is 1. The van der Waals surface area contributed by atoms with Crippen molar-refractivity contribution >= 4 is 22.5 Å². The molecule has 0 atom stereocenters. The van der Waals surface area contributed by atoms with Crippen molar-refractivity contribution in [2.75, 3.05) is 19.5 Å². The number of ether oxygens (including phenoxy) is 2. The number of aromatic nitrogens is 1. The van der Waals surface area contributed by atoms with Crippen LogP contribution in [0.15, 0.2) is 66.7 Å². The molecular weight excluding hydrogens is 395 g/mol. The molecule has 3 aromatic carbocycles. The van der Waals surface area contributed by atoms with Gasteiger partial charge in [-0.1, -0.05) is 18.2 Å². The van der Waals surface area contributed by atoms with Gasteiger partial charge in [0, 0.05) is 29.1 Å². The molecule has 1 heterocycles. The summed E-state index contributed by atoms with van der Waals surface area (Å²) in [6.07, 6.45) is 0.812. The number of nitrogens with one attached hydrogen (secondary N) is 2. The third kappa shape index (κ3) is 4.38. The second-order valence-corrected chi connectivity index (χ2v) is 7.15. The van der Waals surface area contributed by atoms with E-state index in [4.69, 9.17) is 9.47 Å². The lowest BCUT2D eigenvalue weighted by molar-refractivity contribution is -0.116. The fourth-order valence-electron chi connectivity index (χ4n) is 3.68. The Hall–Kier alpha value is -3.80. The third-order valence-corrected chi connectivity index (χ3v) is 5.23. The number of aryl methyl sites for hydroxylation is 1. The molecule has 0 aliphatic heterocycles. The van der Waals surface area contributed by atoms with Gasteiger partial charge in [0.2, 0.25) is 5.91 Å². The van der Waals surface area contributed by atoms with E-state index in [0.29, 0.717) is 23.6 Å². The number of hydrogen-bond acceptors (Lipinski definition) is 3. The molecule has 0 radical (unpaired) electrons. The van der Waals surface area contributed by atoms with Crippen LogP contribution in [0.4, 0.5) is 10.1 Å². The highest BCUT2D eigenvalue weighted by atomic mass is 19.1. The van der Waals surface area contributed by atoms with Crippen LogP contribution in [-0.4, -0.2) is 25.1 Å². The SMILES string of the molecule is COc1ccc(NC(=O)CCc2c(-c3ccc(F)cc3)[nH]c3ccccc23)c(OC)c1. The summed E-state index contributed by atoms with van der Waals surface area (Å²) in [6.45, 7) is 0. The van der Waals surface area contributed by atoms with Gasteiger partial charge in [-0.25, -0.2) is 4.39 Å². The zero-order valence-corrected chi connectivity index (χ0v) is 17.4. The quantitative estimate of drug-likeness (QED) is 0.413. The normalized spacial score (nSPS) is 10.8. The minimum atomic E-state index is -0.283. The number of carbonyl (C=O) groups excluding carboxylic acids is 1. The van der Waals surface area contributed by atoms with Gasteiger partial charge in [-0.3, -0.25) is 4.79 Å². The van der Waals surface area contributed by atoms with Gasteiger partial charge < -0.3 is 19.8 Å². The van der Waals surface area contributed by atoms with Gasteiger partial charge >= 0.3 is 0 Å². The van der Waals surface area contributed by atoms with Crippen LogP contribution >= 0.6 is 0 Å². The summed E-state index contributed by atoms with van der Waals surface area (Å²) in [5.74, 6) is 0.775. The first-order valence-corrected chi connectivity index (χ1v) is 9.96. The smallest absolute Gasteiger partial charge is 0.224 e. The van der Waals surface area contributed by atoms with Gasteiger partial charge in [-0.05, 0) is 60.0 Å². The number of para-hydroxylation sites is 1. The lowest BCUT2D eigenvalue weighted by Gasteiger charge is -2.12. The van der Waals surface area contributed by atoms with Crippen LogP contribution < -0.4 is 14.8 Å². The number of fused-ring (bicyclic) bond motifs is 1. The van der Waals surface area contributed by atoms with Crippen LogP contribution in [-0.2, 0) is 11.2 Å². The second-order valence-electron chi connectivity index (χ2n) is 7.15. The Balaban J connectivity index is 1.57. The lowest BCUT2D eigenvalue weighted by Crippen LogP contribution is -2.13.